The number of aromatic nitrogens is 2. The third kappa shape index (κ3) is 3.93. The van der Waals surface area contributed by atoms with E-state index in [0.717, 1.165) is 11.4 Å². The molecule has 1 rings (SSSR count). The summed E-state index contributed by atoms with van der Waals surface area (Å²) in [5, 5.41) is 9.62. The maximum atomic E-state index is 12.0. The fourth-order valence-corrected chi connectivity index (χ4v) is 2.30. The quantitative estimate of drug-likeness (QED) is 0.655. The van der Waals surface area contributed by atoms with Gasteiger partial charge in [-0.25, -0.2) is 14.8 Å². The molecule has 0 saturated heterocycles. The van der Waals surface area contributed by atoms with E-state index in [-0.39, 0.29) is 11.7 Å². The monoisotopic (exact) mass is 297 g/mol. The van der Waals surface area contributed by atoms with E-state index in [2.05, 4.69) is 9.97 Å². The Morgan fingerprint density at radius 1 is 1.30 bits per heavy atom. The van der Waals surface area contributed by atoms with E-state index in [1.807, 2.05) is 19.9 Å². The minimum Gasteiger partial charge on any atom is -0.480 e. The summed E-state index contributed by atoms with van der Waals surface area (Å²) in [5.74, 6) is -1.21. The number of aryl methyl sites for hydroxylation is 2. The number of amides is 1. The van der Waals surface area contributed by atoms with E-state index in [0.29, 0.717) is 5.16 Å². The normalized spacial score (nSPS) is 11.2. The standard InChI is InChI=1S/C13H19N3O3S/c1-8-6-9(2)15-12(14-8)20-7-10(17)16(5)13(3,4)11(18)19/h6H,7H2,1-5H3,(H,18,19). The van der Waals surface area contributed by atoms with E-state index >= 15 is 0 Å². The summed E-state index contributed by atoms with van der Waals surface area (Å²) in [5.41, 5.74) is 0.444. The Morgan fingerprint density at radius 3 is 2.25 bits per heavy atom. The molecule has 110 valence electrons. The SMILES string of the molecule is Cc1cc(C)nc(SCC(=O)N(C)C(C)(C)C(=O)O)n1. The first-order valence-corrected chi connectivity index (χ1v) is 7.08. The number of carboxylic acids is 1. The lowest BCUT2D eigenvalue weighted by atomic mass is 10.0. The molecule has 0 aromatic carbocycles. The highest BCUT2D eigenvalue weighted by Crippen LogP contribution is 2.18. The molecule has 1 N–H and O–H groups in total. The first-order chi connectivity index (χ1) is 9.14. The Hall–Kier alpha value is -1.63. The molecular formula is C13H19N3O3S. The van der Waals surface area contributed by atoms with E-state index in [1.165, 1.54) is 37.6 Å². The number of likely N-dealkylation sites (N-methyl/N-ethyl adjacent to an activating group) is 1. The number of hydrogen-bond donors (Lipinski definition) is 1. The fraction of sp³-hybridized carbons (Fsp3) is 0.538. The zero-order valence-corrected chi connectivity index (χ0v) is 13.1. The van der Waals surface area contributed by atoms with Crippen molar-refractivity contribution in [3.05, 3.63) is 17.5 Å². The number of aliphatic carboxylic acids is 1. The Balaban J connectivity index is 2.70. The van der Waals surface area contributed by atoms with E-state index in [4.69, 9.17) is 5.11 Å². The highest BCUT2D eigenvalue weighted by Gasteiger charge is 2.34. The van der Waals surface area contributed by atoms with Gasteiger partial charge in [-0.2, -0.15) is 0 Å². The van der Waals surface area contributed by atoms with Crippen molar-refractivity contribution in [2.75, 3.05) is 12.8 Å². The molecular weight excluding hydrogens is 278 g/mol. The Bertz CT molecular complexity index is 511. The number of carboxylic acid groups (broad SMARTS) is 1. The molecule has 1 aromatic heterocycles. The summed E-state index contributed by atoms with van der Waals surface area (Å²) in [6.45, 7) is 6.71. The average Bonchev–Trinajstić information content (AvgIpc) is 2.33. The van der Waals surface area contributed by atoms with E-state index in [9.17, 15) is 9.59 Å². The predicted octanol–water partition coefficient (Wildman–Crippen LogP) is 1.51. The third-order valence-electron chi connectivity index (χ3n) is 3.02. The molecule has 0 fully saturated rings. The van der Waals surface area contributed by atoms with Crippen molar-refractivity contribution in [1.82, 2.24) is 14.9 Å². The van der Waals surface area contributed by atoms with Gasteiger partial charge in [-0.05, 0) is 33.8 Å². The second kappa shape index (κ2) is 6.21. The Kier molecular flexibility index (Phi) is 5.10. The van der Waals surface area contributed by atoms with Gasteiger partial charge in [0.05, 0.1) is 5.75 Å². The molecule has 0 atom stereocenters. The van der Waals surface area contributed by atoms with Gasteiger partial charge in [0.25, 0.3) is 0 Å². The minimum atomic E-state index is -1.24. The molecule has 0 aliphatic heterocycles. The number of carbonyl (C=O) groups excluding carboxylic acids is 1. The second-order valence-electron chi connectivity index (χ2n) is 5.04. The highest BCUT2D eigenvalue weighted by atomic mass is 32.2. The average molecular weight is 297 g/mol. The van der Waals surface area contributed by atoms with Gasteiger partial charge in [-0.1, -0.05) is 11.8 Å². The van der Waals surface area contributed by atoms with Crippen LogP contribution in [0, 0.1) is 13.8 Å². The summed E-state index contributed by atoms with van der Waals surface area (Å²) in [6.07, 6.45) is 0. The van der Waals surface area contributed by atoms with Crippen LogP contribution in [0.4, 0.5) is 0 Å². The van der Waals surface area contributed by atoms with Crippen LogP contribution in [0.25, 0.3) is 0 Å². The van der Waals surface area contributed by atoms with Crippen LogP contribution in [-0.2, 0) is 9.59 Å². The van der Waals surface area contributed by atoms with Crippen molar-refractivity contribution in [3.8, 4) is 0 Å². The van der Waals surface area contributed by atoms with Crippen LogP contribution in [-0.4, -0.2) is 50.2 Å². The molecule has 0 saturated carbocycles. The molecule has 0 bridgehead atoms. The number of hydrogen-bond acceptors (Lipinski definition) is 5. The van der Waals surface area contributed by atoms with Gasteiger partial charge in [0.15, 0.2) is 5.16 Å². The summed E-state index contributed by atoms with van der Waals surface area (Å²) in [7, 11) is 1.49. The van der Waals surface area contributed by atoms with E-state index < -0.39 is 11.5 Å². The maximum absolute atomic E-state index is 12.0. The predicted molar refractivity (Wildman–Crippen MR) is 76.7 cm³/mol. The fourth-order valence-electron chi connectivity index (χ4n) is 1.44. The van der Waals surface area contributed by atoms with Crippen molar-refractivity contribution in [2.24, 2.45) is 0 Å². The molecule has 20 heavy (non-hydrogen) atoms. The zero-order valence-electron chi connectivity index (χ0n) is 12.3. The van der Waals surface area contributed by atoms with Crippen LogP contribution >= 0.6 is 11.8 Å². The summed E-state index contributed by atoms with van der Waals surface area (Å²) >= 11 is 1.21. The molecule has 6 nitrogen and oxygen atoms in total. The Labute approximate surface area is 122 Å². The first kappa shape index (κ1) is 16.4. The van der Waals surface area contributed by atoms with Gasteiger partial charge >= 0.3 is 5.97 Å². The lowest BCUT2D eigenvalue weighted by Crippen LogP contribution is -2.51. The van der Waals surface area contributed by atoms with Crippen molar-refractivity contribution < 1.29 is 14.7 Å². The number of nitrogens with zero attached hydrogens (tertiary/aromatic N) is 3. The Morgan fingerprint density at radius 2 is 1.80 bits per heavy atom. The minimum absolute atomic E-state index is 0.107. The zero-order chi connectivity index (χ0) is 15.5. The van der Waals surface area contributed by atoms with Crippen LogP contribution < -0.4 is 0 Å². The molecule has 7 heteroatoms. The van der Waals surface area contributed by atoms with Crippen molar-refractivity contribution in [1.29, 1.82) is 0 Å². The number of thioether (sulfide) groups is 1. The van der Waals surface area contributed by atoms with E-state index in [1.54, 1.807) is 0 Å². The lowest BCUT2D eigenvalue weighted by Gasteiger charge is -2.31. The van der Waals surface area contributed by atoms with Crippen LogP contribution in [0.5, 0.6) is 0 Å². The molecule has 0 unspecified atom stereocenters. The number of carbonyl (C=O) groups is 2. The van der Waals surface area contributed by atoms with Crippen molar-refractivity contribution in [3.63, 3.8) is 0 Å². The van der Waals surface area contributed by atoms with Crippen LogP contribution in [0.2, 0.25) is 0 Å². The number of rotatable bonds is 5. The van der Waals surface area contributed by atoms with Crippen LogP contribution in [0.3, 0.4) is 0 Å². The summed E-state index contributed by atoms with van der Waals surface area (Å²) in [4.78, 5) is 32.8. The smallest absolute Gasteiger partial charge is 0.329 e. The molecule has 0 aliphatic carbocycles. The third-order valence-corrected chi connectivity index (χ3v) is 3.85. The van der Waals surface area contributed by atoms with Gasteiger partial charge < -0.3 is 10.0 Å². The highest BCUT2D eigenvalue weighted by molar-refractivity contribution is 7.99. The van der Waals surface area contributed by atoms with Crippen LogP contribution in [0.1, 0.15) is 25.2 Å². The second-order valence-corrected chi connectivity index (χ2v) is 5.98. The van der Waals surface area contributed by atoms with Crippen molar-refractivity contribution >= 4 is 23.6 Å². The molecule has 1 amide bonds. The lowest BCUT2D eigenvalue weighted by molar-refractivity contribution is -0.154. The van der Waals surface area contributed by atoms with Gasteiger partial charge in [-0.3, -0.25) is 4.79 Å². The van der Waals surface area contributed by atoms with Gasteiger partial charge in [-0.15, -0.1) is 0 Å². The summed E-state index contributed by atoms with van der Waals surface area (Å²) in [6, 6.07) is 1.85. The molecule has 1 heterocycles. The van der Waals surface area contributed by atoms with Gasteiger partial charge in [0.2, 0.25) is 5.91 Å². The maximum Gasteiger partial charge on any atom is 0.329 e. The molecule has 0 spiro atoms. The van der Waals surface area contributed by atoms with Crippen molar-refractivity contribution in [2.45, 2.75) is 38.4 Å². The topological polar surface area (TPSA) is 83.4 Å². The largest absolute Gasteiger partial charge is 0.480 e. The first-order valence-electron chi connectivity index (χ1n) is 6.09. The van der Waals surface area contributed by atoms with Crippen LogP contribution in [0.15, 0.2) is 11.2 Å². The van der Waals surface area contributed by atoms with Gasteiger partial charge in [0.1, 0.15) is 5.54 Å². The summed E-state index contributed by atoms with van der Waals surface area (Å²) < 4.78 is 0. The molecule has 1 aromatic rings. The van der Waals surface area contributed by atoms with Gasteiger partial charge in [0, 0.05) is 18.4 Å². The molecule has 0 aliphatic rings. The molecule has 0 radical (unpaired) electrons.